The van der Waals surface area contributed by atoms with Crippen molar-refractivity contribution >= 4 is 23.2 Å². The SMILES string of the molecule is O=C(CCNC(=O)c1cccs1)NC1CCCCCCC1. The summed E-state index contributed by atoms with van der Waals surface area (Å²) in [6, 6.07) is 3.96. The maximum absolute atomic E-state index is 11.9. The maximum Gasteiger partial charge on any atom is 0.261 e. The number of rotatable bonds is 5. The van der Waals surface area contributed by atoms with Crippen LogP contribution in [0.2, 0.25) is 0 Å². The molecule has 0 aliphatic heterocycles. The molecule has 2 amide bonds. The standard InChI is InChI=1S/C16H24N2O2S/c19-15(18-13-7-4-2-1-3-5-8-13)10-11-17-16(20)14-9-6-12-21-14/h6,9,12-13H,1-5,7-8,10-11H2,(H,17,20)(H,18,19). The molecule has 2 rings (SSSR count). The zero-order valence-corrected chi connectivity index (χ0v) is 13.2. The van der Waals surface area contributed by atoms with Gasteiger partial charge in [0.25, 0.3) is 5.91 Å². The molecule has 1 saturated carbocycles. The van der Waals surface area contributed by atoms with Crippen molar-refractivity contribution in [2.75, 3.05) is 6.54 Å². The monoisotopic (exact) mass is 308 g/mol. The van der Waals surface area contributed by atoms with Gasteiger partial charge in [-0.3, -0.25) is 9.59 Å². The van der Waals surface area contributed by atoms with Gasteiger partial charge >= 0.3 is 0 Å². The van der Waals surface area contributed by atoms with Crippen LogP contribution in [0.15, 0.2) is 17.5 Å². The molecule has 1 aromatic rings. The highest BCUT2D eigenvalue weighted by Gasteiger charge is 2.14. The van der Waals surface area contributed by atoms with Gasteiger partial charge in [0, 0.05) is 19.0 Å². The normalized spacial score (nSPS) is 16.8. The van der Waals surface area contributed by atoms with E-state index in [4.69, 9.17) is 0 Å². The van der Waals surface area contributed by atoms with Crippen molar-refractivity contribution in [2.45, 2.75) is 57.4 Å². The molecule has 0 spiro atoms. The van der Waals surface area contributed by atoms with Gasteiger partial charge < -0.3 is 10.6 Å². The van der Waals surface area contributed by atoms with Gasteiger partial charge in [0.2, 0.25) is 5.91 Å². The Bertz CT molecular complexity index is 437. The Labute approximate surface area is 130 Å². The molecule has 0 atom stereocenters. The lowest BCUT2D eigenvalue weighted by atomic mass is 9.96. The van der Waals surface area contributed by atoms with E-state index in [0.29, 0.717) is 23.9 Å². The molecule has 1 aromatic heterocycles. The molecule has 0 saturated heterocycles. The fraction of sp³-hybridized carbons (Fsp3) is 0.625. The number of thiophene rings is 1. The Kier molecular flexibility index (Phi) is 6.73. The lowest BCUT2D eigenvalue weighted by molar-refractivity contribution is -0.121. The summed E-state index contributed by atoms with van der Waals surface area (Å²) in [6.45, 7) is 0.398. The van der Waals surface area contributed by atoms with E-state index in [1.54, 1.807) is 6.07 Å². The molecule has 2 N–H and O–H groups in total. The van der Waals surface area contributed by atoms with Gasteiger partial charge in [0.15, 0.2) is 0 Å². The van der Waals surface area contributed by atoms with E-state index in [9.17, 15) is 9.59 Å². The summed E-state index contributed by atoms with van der Waals surface area (Å²) < 4.78 is 0. The first-order chi connectivity index (χ1) is 10.3. The van der Waals surface area contributed by atoms with Crippen LogP contribution in [0.25, 0.3) is 0 Å². The first-order valence-electron chi connectivity index (χ1n) is 7.87. The zero-order valence-electron chi connectivity index (χ0n) is 12.4. The Morgan fingerprint density at radius 3 is 2.52 bits per heavy atom. The third-order valence-corrected chi connectivity index (χ3v) is 4.72. The predicted molar refractivity (Wildman–Crippen MR) is 85.5 cm³/mol. The van der Waals surface area contributed by atoms with Crippen LogP contribution in [-0.2, 0) is 4.79 Å². The molecular formula is C16H24N2O2S. The van der Waals surface area contributed by atoms with Crippen molar-refractivity contribution < 1.29 is 9.59 Å². The van der Waals surface area contributed by atoms with Gasteiger partial charge in [-0.05, 0) is 24.3 Å². The molecule has 0 radical (unpaired) electrons. The Balaban J connectivity index is 1.63. The van der Waals surface area contributed by atoms with Gasteiger partial charge in [-0.15, -0.1) is 11.3 Å². The third kappa shape index (κ3) is 5.87. The van der Waals surface area contributed by atoms with Crippen molar-refractivity contribution in [1.82, 2.24) is 10.6 Å². The fourth-order valence-corrected chi connectivity index (χ4v) is 3.32. The average molecular weight is 308 g/mol. The molecule has 116 valence electrons. The van der Waals surface area contributed by atoms with Crippen LogP contribution >= 0.6 is 11.3 Å². The van der Waals surface area contributed by atoms with Crippen LogP contribution in [-0.4, -0.2) is 24.4 Å². The van der Waals surface area contributed by atoms with Crippen LogP contribution in [0.1, 0.15) is 61.0 Å². The number of amides is 2. The lowest BCUT2D eigenvalue weighted by Gasteiger charge is -2.21. The van der Waals surface area contributed by atoms with Crippen LogP contribution in [0.5, 0.6) is 0 Å². The molecular weight excluding hydrogens is 284 g/mol. The minimum Gasteiger partial charge on any atom is -0.353 e. The van der Waals surface area contributed by atoms with Crippen LogP contribution in [0, 0.1) is 0 Å². The first-order valence-corrected chi connectivity index (χ1v) is 8.75. The van der Waals surface area contributed by atoms with Crippen LogP contribution < -0.4 is 10.6 Å². The quantitative estimate of drug-likeness (QED) is 0.878. The van der Waals surface area contributed by atoms with Crippen molar-refractivity contribution in [3.63, 3.8) is 0 Å². The summed E-state index contributed by atoms with van der Waals surface area (Å²) in [4.78, 5) is 24.3. The Morgan fingerprint density at radius 2 is 1.86 bits per heavy atom. The summed E-state index contributed by atoms with van der Waals surface area (Å²) in [5.41, 5.74) is 0. The van der Waals surface area contributed by atoms with Gasteiger partial charge in [-0.1, -0.05) is 38.2 Å². The van der Waals surface area contributed by atoms with E-state index >= 15 is 0 Å². The summed E-state index contributed by atoms with van der Waals surface area (Å²) in [5.74, 6) is -0.0455. The minimum absolute atomic E-state index is 0.0482. The molecule has 0 bridgehead atoms. The van der Waals surface area contributed by atoms with Crippen molar-refractivity contribution in [3.05, 3.63) is 22.4 Å². The molecule has 0 aromatic carbocycles. The van der Waals surface area contributed by atoms with E-state index in [1.807, 2.05) is 11.4 Å². The van der Waals surface area contributed by atoms with E-state index in [2.05, 4.69) is 10.6 Å². The Morgan fingerprint density at radius 1 is 1.14 bits per heavy atom. The molecule has 4 nitrogen and oxygen atoms in total. The molecule has 1 heterocycles. The molecule has 1 fully saturated rings. The zero-order chi connectivity index (χ0) is 14.9. The highest BCUT2D eigenvalue weighted by molar-refractivity contribution is 7.12. The highest BCUT2D eigenvalue weighted by Crippen LogP contribution is 2.17. The number of hydrogen-bond acceptors (Lipinski definition) is 3. The van der Waals surface area contributed by atoms with Crippen molar-refractivity contribution in [2.24, 2.45) is 0 Å². The predicted octanol–water partition coefficient (Wildman–Crippen LogP) is 3.10. The second-order valence-corrected chi connectivity index (χ2v) is 6.54. The molecule has 21 heavy (non-hydrogen) atoms. The smallest absolute Gasteiger partial charge is 0.261 e. The van der Waals surface area contributed by atoms with Gasteiger partial charge in [0.05, 0.1) is 4.88 Å². The second-order valence-electron chi connectivity index (χ2n) is 5.59. The van der Waals surface area contributed by atoms with Gasteiger partial charge in [0.1, 0.15) is 0 Å². The van der Waals surface area contributed by atoms with Crippen LogP contribution in [0.4, 0.5) is 0 Å². The highest BCUT2D eigenvalue weighted by atomic mass is 32.1. The van der Waals surface area contributed by atoms with E-state index in [0.717, 1.165) is 12.8 Å². The van der Waals surface area contributed by atoms with Crippen LogP contribution in [0.3, 0.4) is 0 Å². The molecule has 1 aliphatic carbocycles. The summed E-state index contributed by atoms with van der Waals surface area (Å²) >= 11 is 1.41. The molecule has 0 unspecified atom stereocenters. The molecule has 5 heteroatoms. The summed E-state index contributed by atoms with van der Waals surface area (Å²) in [6.07, 6.45) is 8.84. The van der Waals surface area contributed by atoms with Gasteiger partial charge in [-0.25, -0.2) is 0 Å². The van der Waals surface area contributed by atoms with E-state index < -0.39 is 0 Å². The second kappa shape index (κ2) is 8.82. The van der Waals surface area contributed by atoms with Gasteiger partial charge in [-0.2, -0.15) is 0 Å². The number of carbonyl (C=O) groups is 2. The van der Waals surface area contributed by atoms with Crippen molar-refractivity contribution in [1.29, 1.82) is 0 Å². The maximum atomic E-state index is 11.9. The third-order valence-electron chi connectivity index (χ3n) is 3.85. The topological polar surface area (TPSA) is 58.2 Å². The molecule has 1 aliphatic rings. The van der Waals surface area contributed by atoms with E-state index in [1.165, 1.54) is 43.4 Å². The Hall–Kier alpha value is -1.36. The largest absolute Gasteiger partial charge is 0.353 e. The summed E-state index contributed by atoms with van der Waals surface area (Å²) in [7, 11) is 0. The van der Waals surface area contributed by atoms with Crippen molar-refractivity contribution in [3.8, 4) is 0 Å². The number of carbonyl (C=O) groups excluding carboxylic acids is 2. The van der Waals surface area contributed by atoms with E-state index in [-0.39, 0.29) is 11.8 Å². The number of hydrogen-bond donors (Lipinski definition) is 2. The minimum atomic E-state index is -0.0937. The lowest BCUT2D eigenvalue weighted by Crippen LogP contribution is -2.37. The fourth-order valence-electron chi connectivity index (χ4n) is 2.68. The first kappa shape index (κ1) is 16.0. The average Bonchev–Trinajstić information content (AvgIpc) is 2.95. The summed E-state index contributed by atoms with van der Waals surface area (Å²) in [5, 5.41) is 7.76. The number of nitrogens with one attached hydrogen (secondary N) is 2.